The van der Waals surface area contributed by atoms with Gasteiger partial charge in [0, 0.05) is 31.1 Å². The monoisotopic (exact) mass is 676 g/mol. The van der Waals surface area contributed by atoms with Crippen molar-refractivity contribution < 1.29 is 28.5 Å². The zero-order valence-electron chi connectivity index (χ0n) is 30.7. The maximum absolute atomic E-state index is 13.6. The number of rotatable bonds is 14. The van der Waals surface area contributed by atoms with Crippen LogP contribution in [0.15, 0.2) is 54.1 Å². The third-order valence-corrected chi connectivity index (χ3v) is 12.4. The summed E-state index contributed by atoms with van der Waals surface area (Å²) < 4.78 is 31.7. The molecule has 2 aliphatic heterocycles. The van der Waals surface area contributed by atoms with Crippen molar-refractivity contribution in [3.8, 4) is 0 Å². The van der Waals surface area contributed by atoms with Crippen molar-refractivity contribution in [2.45, 2.75) is 166 Å². The number of hydrogen-bond acceptors (Lipinski definition) is 6. The average molecular weight is 677 g/mol. The molecule has 9 atom stereocenters. The van der Waals surface area contributed by atoms with Crippen LogP contribution in [0.25, 0.3) is 0 Å². The van der Waals surface area contributed by atoms with E-state index >= 15 is 0 Å². The summed E-state index contributed by atoms with van der Waals surface area (Å²) in [5.74, 6) is 1.39. The molecule has 49 heavy (non-hydrogen) atoms. The van der Waals surface area contributed by atoms with Crippen molar-refractivity contribution >= 4 is 5.97 Å². The Balaban J connectivity index is 1.13. The number of ether oxygens (including phenoxy) is 5. The van der Waals surface area contributed by atoms with Gasteiger partial charge in [0.25, 0.3) is 0 Å². The van der Waals surface area contributed by atoms with Crippen LogP contribution in [0.2, 0.25) is 0 Å². The molecule has 0 spiro atoms. The number of fused-ring (bicyclic) bond motifs is 1. The third kappa shape index (κ3) is 9.87. The Morgan fingerprint density at radius 3 is 2.37 bits per heavy atom. The van der Waals surface area contributed by atoms with E-state index in [0.29, 0.717) is 17.8 Å². The molecule has 2 saturated heterocycles. The lowest BCUT2D eigenvalue weighted by atomic mass is 9.66. The number of hydrogen-bond donors (Lipinski definition) is 0. The molecule has 0 bridgehead atoms. The first-order valence-electron chi connectivity index (χ1n) is 20.1. The van der Waals surface area contributed by atoms with Gasteiger partial charge in [0.15, 0.2) is 12.6 Å². The average Bonchev–Trinajstić information content (AvgIpc) is 3.65. The van der Waals surface area contributed by atoms with Gasteiger partial charge in [-0.2, -0.15) is 0 Å². The van der Waals surface area contributed by atoms with Crippen molar-refractivity contribution in [1.82, 2.24) is 0 Å². The molecule has 0 aromatic heterocycles. The normalized spacial score (nSPS) is 33.9. The first-order valence-corrected chi connectivity index (χ1v) is 20.1. The van der Waals surface area contributed by atoms with Gasteiger partial charge in [-0.05, 0) is 106 Å². The summed E-state index contributed by atoms with van der Waals surface area (Å²) in [4.78, 5) is 13.6. The number of allylic oxidation sites excluding steroid dienone is 1. The van der Waals surface area contributed by atoms with E-state index in [1.165, 1.54) is 43.2 Å². The number of benzene rings is 1. The molecule has 5 aliphatic rings. The molecule has 1 aromatic rings. The Bertz CT molecular complexity index is 1210. The highest BCUT2D eigenvalue weighted by Crippen LogP contribution is 2.52. The lowest BCUT2D eigenvalue weighted by molar-refractivity contribution is -0.193. The molecule has 1 aromatic carbocycles. The van der Waals surface area contributed by atoms with Gasteiger partial charge >= 0.3 is 5.97 Å². The van der Waals surface area contributed by atoms with Gasteiger partial charge in [-0.25, -0.2) is 4.79 Å². The van der Waals surface area contributed by atoms with Crippen LogP contribution < -0.4 is 0 Å². The van der Waals surface area contributed by atoms with Crippen LogP contribution in [0.5, 0.6) is 0 Å². The molecular formula is C43H64O6. The lowest BCUT2D eigenvalue weighted by Crippen LogP contribution is -2.41. The minimum absolute atomic E-state index is 0.0454. The number of carbonyl (C=O) groups excluding carboxylic acids is 1. The topological polar surface area (TPSA) is 63.2 Å². The van der Waals surface area contributed by atoms with Gasteiger partial charge in [-0.15, -0.1) is 0 Å². The van der Waals surface area contributed by atoms with Crippen molar-refractivity contribution in [2.24, 2.45) is 23.7 Å². The molecular weight excluding hydrogens is 612 g/mol. The highest BCUT2D eigenvalue weighted by Gasteiger charge is 2.47. The third-order valence-electron chi connectivity index (χ3n) is 12.4. The predicted molar refractivity (Wildman–Crippen MR) is 194 cm³/mol. The van der Waals surface area contributed by atoms with Gasteiger partial charge in [-0.3, -0.25) is 0 Å². The first kappa shape index (κ1) is 36.8. The lowest BCUT2D eigenvalue weighted by Gasteiger charge is -2.42. The minimum Gasteiger partial charge on any atom is -0.459 e. The maximum Gasteiger partial charge on any atom is 0.330 e. The van der Waals surface area contributed by atoms with Gasteiger partial charge in [0.05, 0.1) is 12.2 Å². The Morgan fingerprint density at radius 1 is 0.898 bits per heavy atom. The predicted octanol–water partition coefficient (Wildman–Crippen LogP) is 10.00. The summed E-state index contributed by atoms with van der Waals surface area (Å²) in [6.07, 6.45) is 24.9. The first-order chi connectivity index (χ1) is 23.9. The van der Waals surface area contributed by atoms with Crippen LogP contribution in [0.3, 0.4) is 0 Å². The molecule has 272 valence electrons. The summed E-state index contributed by atoms with van der Waals surface area (Å²) in [6.45, 7) is 8.48. The summed E-state index contributed by atoms with van der Waals surface area (Å²) >= 11 is 0. The second-order valence-corrected chi connectivity index (χ2v) is 16.2. The highest BCUT2D eigenvalue weighted by molar-refractivity contribution is 5.83. The van der Waals surface area contributed by atoms with Crippen LogP contribution in [0.1, 0.15) is 135 Å². The Morgan fingerprint density at radius 2 is 1.63 bits per heavy atom. The van der Waals surface area contributed by atoms with Crippen LogP contribution in [0, 0.1) is 23.7 Å². The SMILES string of the molecule is CCCCC[C@@H](/C=C/[C@@H]1[C@H]2C/C(=C\C(=O)O[C@H]3CCCC[C@@H]3C(C)(C)c3ccccc3)C[C@H]2C[C@H]1OC1CCCCO1)OC1CCCCO1. The second kappa shape index (κ2) is 18.0. The van der Waals surface area contributed by atoms with Gasteiger partial charge in [0.2, 0.25) is 0 Å². The summed E-state index contributed by atoms with van der Waals surface area (Å²) in [6, 6.07) is 10.8. The smallest absolute Gasteiger partial charge is 0.330 e. The quantitative estimate of drug-likeness (QED) is 0.0846. The van der Waals surface area contributed by atoms with E-state index in [2.05, 4.69) is 63.3 Å². The molecule has 3 saturated carbocycles. The highest BCUT2D eigenvalue weighted by atomic mass is 16.7. The van der Waals surface area contributed by atoms with Crippen LogP contribution in [-0.2, 0) is 33.9 Å². The molecule has 2 heterocycles. The Hall–Kier alpha value is -1.99. The van der Waals surface area contributed by atoms with Crippen molar-refractivity contribution in [3.05, 3.63) is 59.7 Å². The zero-order chi connectivity index (χ0) is 34.1. The fourth-order valence-electron chi connectivity index (χ4n) is 9.59. The van der Waals surface area contributed by atoms with Gasteiger partial charge < -0.3 is 23.7 Å². The molecule has 2 unspecified atom stereocenters. The number of esters is 1. The molecule has 6 heteroatoms. The molecule has 0 amide bonds. The van der Waals surface area contributed by atoms with E-state index in [1.54, 1.807) is 0 Å². The molecule has 0 radical (unpaired) electrons. The van der Waals surface area contributed by atoms with E-state index in [4.69, 9.17) is 23.7 Å². The Labute approximate surface area is 296 Å². The van der Waals surface area contributed by atoms with Gasteiger partial charge in [0.1, 0.15) is 6.10 Å². The molecule has 6 rings (SSSR count). The number of carbonyl (C=O) groups is 1. The number of unbranched alkanes of at least 4 members (excludes halogenated alkanes) is 2. The molecule has 6 nitrogen and oxygen atoms in total. The van der Waals surface area contributed by atoms with Crippen LogP contribution in [-0.4, -0.2) is 50.1 Å². The van der Waals surface area contributed by atoms with E-state index in [9.17, 15) is 4.79 Å². The minimum atomic E-state index is -0.150. The Kier molecular flexibility index (Phi) is 13.5. The second-order valence-electron chi connectivity index (χ2n) is 16.2. The fourth-order valence-corrected chi connectivity index (χ4v) is 9.59. The van der Waals surface area contributed by atoms with E-state index in [1.807, 2.05) is 6.08 Å². The summed E-state index contributed by atoms with van der Waals surface area (Å²) in [5, 5.41) is 0. The standard InChI is InChI=1S/C43H64O6/c1-4-5-7-18-34(47-41-21-12-14-25-45-41)23-24-35-36-28-31(27-32(36)30-39(35)49-42-22-13-15-26-46-42)29-40(44)48-38-20-11-10-19-37(38)43(2,3)33-16-8-6-9-17-33/h6,8-9,16-17,23-24,29,32,34-39,41-42H,4-5,7,10-15,18-22,25-28,30H2,1-3H3/b24-23+,31-29-/t32-,34-,35+,36-,37-,38-,39+,41?,42?/m0/s1. The summed E-state index contributed by atoms with van der Waals surface area (Å²) in [5.41, 5.74) is 2.51. The largest absolute Gasteiger partial charge is 0.459 e. The molecule has 5 fully saturated rings. The van der Waals surface area contributed by atoms with E-state index in [-0.39, 0.29) is 48.2 Å². The van der Waals surface area contributed by atoms with Crippen molar-refractivity contribution in [2.75, 3.05) is 13.2 Å². The fraction of sp³-hybridized carbons (Fsp3) is 0.744. The van der Waals surface area contributed by atoms with Crippen LogP contribution in [0.4, 0.5) is 0 Å². The van der Waals surface area contributed by atoms with E-state index < -0.39 is 0 Å². The van der Waals surface area contributed by atoms with Crippen molar-refractivity contribution in [1.29, 1.82) is 0 Å². The summed E-state index contributed by atoms with van der Waals surface area (Å²) in [7, 11) is 0. The molecule has 3 aliphatic carbocycles. The van der Waals surface area contributed by atoms with Gasteiger partial charge in [-0.1, -0.05) is 94.5 Å². The zero-order valence-corrected chi connectivity index (χ0v) is 30.7. The molecule has 0 N–H and O–H groups in total. The maximum atomic E-state index is 13.6. The van der Waals surface area contributed by atoms with Crippen molar-refractivity contribution in [3.63, 3.8) is 0 Å². The van der Waals surface area contributed by atoms with Crippen LogP contribution >= 0.6 is 0 Å². The van der Waals surface area contributed by atoms with E-state index in [0.717, 1.165) is 90.3 Å².